The summed E-state index contributed by atoms with van der Waals surface area (Å²) in [6, 6.07) is 4.96. The van der Waals surface area contributed by atoms with E-state index in [0.29, 0.717) is 19.6 Å². The smallest absolute Gasteiger partial charge is 0.410 e. The SMILES string of the molecule is CC1CN(C2CCN(C(=O)Cc3ccc(O)c(Cl)c3)CC2)C(=O)O1. The van der Waals surface area contributed by atoms with Gasteiger partial charge in [-0.25, -0.2) is 4.79 Å². The molecule has 1 unspecified atom stereocenters. The highest BCUT2D eigenvalue weighted by atomic mass is 35.5. The molecule has 0 saturated carbocycles. The van der Waals surface area contributed by atoms with E-state index in [0.717, 1.165) is 18.4 Å². The van der Waals surface area contributed by atoms with Crippen LogP contribution in [0.15, 0.2) is 18.2 Å². The van der Waals surface area contributed by atoms with Gasteiger partial charge in [0.15, 0.2) is 0 Å². The van der Waals surface area contributed by atoms with Crippen molar-refractivity contribution in [2.75, 3.05) is 19.6 Å². The molecule has 2 heterocycles. The lowest BCUT2D eigenvalue weighted by molar-refractivity contribution is -0.131. The number of hydrogen-bond donors (Lipinski definition) is 1. The van der Waals surface area contributed by atoms with Crippen molar-refractivity contribution in [2.24, 2.45) is 0 Å². The zero-order valence-electron chi connectivity index (χ0n) is 13.6. The first-order valence-corrected chi connectivity index (χ1v) is 8.54. The number of amides is 2. The monoisotopic (exact) mass is 352 g/mol. The molecule has 0 bridgehead atoms. The Morgan fingerprint density at radius 3 is 2.67 bits per heavy atom. The molecule has 2 saturated heterocycles. The first-order chi connectivity index (χ1) is 11.4. The van der Waals surface area contributed by atoms with Crippen LogP contribution >= 0.6 is 11.6 Å². The van der Waals surface area contributed by atoms with Crippen LogP contribution in [0.1, 0.15) is 25.3 Å². The molecule has 3 rings (SSSR count). The van der Waals surface area contributed by atoms with Crippen LogP contribution in [0.5, 0.6) is 5.75 Å². The Morgan fingerprint density at radius 2 is 2.08 bits per heavy atom. The van der Waals surface area contributed by atoms with E-state index in [1.54, 1.807) is 17.0 Å². The minimum Gasteiger partial charge on any atom is -0.506 e. The Balaban J connectivity index is 1.53. The van der Waals surface area contributed by atoms with Crippen molar-refractivity contribution in [2.45, 2.75) is 38.3 Å². The predicted molar refractivity (Wildman–Crippen MR) is 89.1 cm³/mol. The molecular formula is C17H21ClN2O4. The quantitative estimate of drug-likeness (QED) is 0.907. The molecule has 1 aromatic carbocycles. The number of piperidine rings is 1. The number of likely N-dealkylation sites (tertiary alicyclic amines) is 1. The summed E-state index contributed by atoms with van der Waals surface area (Å²) in [6.07, 6.45) is 1.49. The highest BCUT2D eigenvalue weighted by Crippen LogP contribution is 2.25. The molecule has 0 spiro atoms. The maximum Gasteiger partial charge on any atom is 0.410 e. The number of benzene rings is 1. The number of cyclic esters (lactones) is 1. The minimum absolute atomic E-state index is 0.0143. The van der Waals surface area contributed by atoms with Gasteiger partial charge < -0.3 is 19.6 Å². The van der Waals surface area contributed by atoms with E-state index in [-0.39, 0.29) is 41.3 Å². The van der Waals surface area contributed by atoms with Crippen molar-refractivity contribution in [1.82, 2.24) is 9.80 Å². The number of carbonyl (C=O) groups excluding carboxylic acids is 2. The van der Waals surface area contributed by atoms with Gasteiger partial charge in [-0.05, 0) is 37.5 Å². The van der Waals surface area contributed by atoms with Gasteiger partial charge in [0.2, 0.25) is 5.91 Å². The number of phenolic OH excluding ortho intramolecular Hbond substituents is 1. The predicted octanol–water partition coefficient (Wildman–Crippen LogP) is 2.42. The second-order valence-corrected chi connectivity index (χ2v) is 6.83. The molecule has 0 aliphatic carbocycles. The lowest BCUT2D eigenvalue weighted by Gasteiger charge is -2.35. The summed E-state index contributed by atoms with van der Waals surface area (Å²) in [4.78, 5) is 27.8. The summed E-state index contributed by atoms with van der Waals surface area (Å²) in [6.45, 7) is 3.78. The molecule has 2 amide bonds. The topological polar surface area (TPSA) is 70.1 Å². The largest absolute Gasteiger partial charge is 0.506 e. The van der Waals surface area contributed by atoms with Gasteiger partial charge >= 0.3 is 6.09 Å². The standard InChI is InChI=1S/C17H21ClN2O4/c1-11-10-20(17(23)24-11)13-4-6-19(7-5-13)16(22)9-12-2-3-15(21)14(18)8-12/h2-3,8,11,13,21H,4-7,9-10H2,1H3. The average Bonchev–Trinajstić information content (AvgIpc) is 2.89. The molecule has 6 nitrogen and oxygen atoms in total. The molecule has 24 heavy (non-hydrogen) atoms. The molecule has 1 atom stereocenters. The molecule has 1 aromatic rings. The lowest BCUT2D eigenvalue weighted by Crippen LogP contribution is -2.47. The fourth-order valence-electron chi connectivity index (χ4n) is 3.30. The van der Waals surface area contributed by atoms with E-state index < -0.39 is 0 Å². The van der Waals surface area contributed by atoms with Crippen molar-refractivity contribution in [1.29, 1.82) is 0 Å². The second kappa shape index (κ2) is 6.89. The van der Waals surface area contributed by atoms with Crippen LogP contribution in [0.3, 0.4) is 0 Å². The number of ether oxygens (including phenoxy) is 1. The zero-order chi connectivity index (χ0) is 17.3. The minimum atomic E-state index is -0.244. The summed E-state index contributed by atoms with van der Waals surface area (Å²) < 4.78 is 5.17. The van der Waals surface area contributed by atoms with E-state index in [1.165, 1.54) is 6.07 Å². The lowest BCUT2D eigenvalue weighted by atomic mass is 10.0. The van der Waals surface area contributed by atoms with E-state index in [2.05, 4.69) is 0 Å². The van der Waals surface area contributed by atoms with Gasteiger partial charge in [-0.15, -0.1) is 0 Å². The summed E-state index contributed by atoms with van der Waals surface area (Å²) in [5.41, 5.74) is 0.780. The zero-order valence-corrected chi connectivity index (χ0v) is 14.3. The summed E-state index contributed by atoms with van der Waals surface area (Å²) in [7, 11) is 0. The molecule has 130 valence electrons. The van der Waals surface area contributed by atoms with Gasteiger partial charge in [0, 0.05) is 19.1 Å². The Labute approximate surface area is 145 Å². The van der Waals surface area contributed by atoms with Crippen molar-refractivity contribution in [3.05, 3.63) is 28.8 Å². The van der Waals surface area contributed by atoms with Gasteiger partial charge in [0.25, 0.3) is 0 Å². The Morgan fingerprint density at radius 1 is 1.38 bits per heavy atom. The maximum atomic E-state index is 12.4. The van der Waals surface area contributed by atoms with Gasteiger partial charge in [0.1, 0.15) is 11.9 Å². The van der Waals surface area contributed by atoms with Crippen LogP contribution in [0, 0.1) is 0 Å². The third kappa shape index (κ3) is 3.59. The normalized spacial score (nSPS) is 21.9. The van der Waals surface area contributed by atoms with Crippen LogP contribution in [0.25, 0.3) is 0 Å². The number of aromatic hydroxyl groups is 1. The van der Waals surface area contributed by atoms with Gasteiger partial charge in [-0.3, -0.25) is 4.79 Å². The summed E-state index contributed by atoms with van der Waals surface area (Å²) >= 11 is 5.88. The Kier molecular flexibility index (Phi) is 4.85. The number of nitrogens with zero attached hydrogens (tertiary/aromatic N) is 2. The van der Waals surface area contributed by atoms with Crippen LogP contribution in [-0.4, -0.2) is 58.7 Å². The second-order valence-electron chi connectivity index (χ2n) is 6.42. The number of carbonyl (C=O) groups is 2. The van der Waals surface area contributed by atoms with E-state index in [4.69, 9.17) is 16.3 Å². The van der Waals surface area contributed by atoms with E-state index in [1.807, 2.05) is 11.8 Å². The van der Waals surface area contributed by atoms with Gasteiger partial charge in [0.05, 0.1) is 18.0 Å². The number of hydrogen-bond acceptors (Lipinski definition) is 4. The first kappa shape index (κ1) is 16.9. The molecule has 2 fully saturated rings. The van der Waals surface area contributed by atoms with Crippen molar-refractivity contribution in [3.8, 4) is 5.75 Å². The van der Waals surface area contributed by atoms with Gasteiger partial charge in [-0.1, -0.05) is 17.7 Å². The molecule has 0 aromatic heterocycles. The summed E-state index contributed by atoms with van der Waals surface area (Å²) in [5, 5.41) is 9.68. The fraction of sp³-hybridized carbons (Fsp3) is 0.529. The highest BCUT2D eigenvalue weighted by molar-refractivity contribution is 6.32. The van der Waals surface area contributed by atoms with Crippen molar-refractivity contribution >= 4 is 23.6 Å². The highest BCUT2D eigenvalue weighted by Gasteiger charge is 2.36. The Hall–Kier alpha value is -1.95. The molecule has 1 N–H and O–H groups in total. The van der Waals surface area contributed by atoms with Crippen LogP contribution in [0.2, 0.25) is 5.02 Å². The molecule has 7 heteroatoms. The first-order valence-electron chi connectivity index (χ1n) is 8.16. The van der Waals surface area contributed by atoms with E-state index >= 15 is 0 Å². The van der Waals surface area contributed by atoms with Crippen LogP contribution in [0.4, 0.5) is 4.79 Å². The van der Waals surface area contributed by atoms with Crippen molar-refractivity contribution in [3.63, 3.8) is 0 Å². The maximum absolute atomic E-state index is 12.4. The van der Waals surface area contributed by atoms with Gasteiger partial charge in [-0.2, -0.15) is 0 Å². The molecular weight excluding hydrogens is 332 g/mol. The average molecular weight is 353 g/mol. The number of phenols is 1. The van der Waals surface area contributed by atoms with Crippen LogP contribution in [-0.2, 0) is 16.0 Å². The fourth-order valence-corrected chi connectivity index (χ4v) is 3.50. The third-order valence-corrected chi connectivity index (χ3v) is 4.92. The molecule has 2 aliphatic rings. The summed E-state index contributed by atoms with van der Waals surface area (Å²) in [5.74, 6) is 0.0491. The number of rotatable bonds is 3. The third-order valence-electron chi connectivity index (χ3n) is 4.62. The van der Waals surface area contributed by atoms with Crippen molar-refractivity contribution < 1.29 is 19.4 Å². The number of halogens is 1. The Bertz CT molecular complexity index is 643. The molecule has 2 aliphatic heterocycles. The molecule has 0 radical (unpaired) electrons. The van der Waals surface area contributed by atoms with Crippen LogP contribution < -0.4 is 0 Å². The van der Waals surface area contributed by atoms with E-state index in [9.17, 15) is 14.7 Å².